The molecule has 0 fully saturated rings. The fraction of sp³-hybridized carbons (Fsp3) is 0.391. The zero-order chi connectivity index (χ0) is 21.4. The van der Waals surface area contributed by atoms with Gasteiger partial charge in [0.05, 0.1) is 13.1 Å². The van der Waals surface area contributed by atoms with Gasteiger partial charge in [-0.3, -0.25) is 14.5 Å². The van der Waals surface area contributed by atoms with Crippen molar-refractivity contribution in [2.45, 2.75) is 40.7 Å². The lowest BCUT2D eigenvalue weighted by atomic mass is 10.1. The van der Waals surface area contributed by atoms with Gasteiger partial charge in [-0.1, -0.05) is 42.8 Å². The lowest BCUT2D eigenvalue weighted by Crippen LogP contribution is -2.40. The number of benzene rings is 2. The minimum atomic E-state index is -0.254. The molecule has 2 amide bonds. The van der Waals surface area contributed by atoms with E-state index in [1.807, 2.05) is 56.9 Å². The van der Waals surface area contributed by atoms with Crippen LogP contribution in [0.15, 0.2) is 36.4 Å². The Morgan fingerprint density at radius 1 is 1.03 bits per heavy atom. The molecule has 0 heterocycles. The Hall–Kier alpha value is -2.86. The maximum absolute atomic E-state index is 12.3. The normalized spacial score (nSPS) is 10.8. The molecule has 0 saturated carbocycles. The van der Waals surface area contributed by atoms with Crippen LogP contribution in [-0.4, -0.2) is 41.5 Å². The molecule has 6 nitrogen and oxygen atoms in total. The van der Waals surface area contributed by atoms with Crippen molar-refractivity contribution in [3.63, 3.8) is 0 Å². The molecule has 0 aliphatic heterocycles. The summed E-state index contributed by atoms with van der Waals surface area (Å²) in [5.74, 6) is -0.255. The van der Waals surface area contributed by atoms with Crippen LogP contribution in [-0.2, 0) is 16.1 Å². The molecule has 0 radical (unpaired) electrons. The minimum absolute atomic E-state index is 0.0812. The molecule has 0 bridgehead atoms. The van der Waals surface area contributed by atoms with Crippen molar-refractivity contribution in [2.24, 2.45) is 0 Å². The van der Waals surface area contributed by atoms with Gasteiger partial charge in [-0.25, -0.2) is 0 Å². The van der Waals surface area contributed by atoms with Crippen molar-refractivity contribution in [3.05, 3.63) is 58.7 Å². The van der Waals surface area contributed by atoms with Gasteiger partial charge < -0.3 is 15.7 Å². The van der Waals surface area contributed by atoms with Gasteiger partial charge in [-0.2, -0.15) is 0 Å². The van der Waals surface area contributed by atoms with Gasteiger partial charge >= 0.3 is 0 Å². The van der Waals surface area contributed by atoms with E-state index in [0.29, 0.717) is 6.54 Å². The first-order valence-corrected chi connectivity index (χ1v) is 9.93. The number of aromatic hydroxyl groups is 1. The molecular weight excluding hydrogens is 366 g/mol. The number of hydrogen-bond acceptors (Lipinski definition) is 4. The van der Waals surface area contributed by atoms with Gasteiger partial charge in [0.15, 0.2) is 0 Å². The van der Waals surface area contributed by atoms with Gasteiger partial charge in [0, 0.05) is 17.8 Å². The first-order chi connectivity index (χ1) is 13.8. The Balaban J connectivity index is 1.88. The van der Waals surface area contributed by atoms with Crippen LogP contribution in [0.25, 0.3) is 0 Å². The maximum Gasteiger partial charge on any atom is 0.243 e. The predicted molar refractivity (Wildman–Crippen MR) is 116 cm³/mol. The summed E-state index contributed by atoms with van der Waals surface area (Å²) in [4.78, 5) is 26.6. The molecule has 0 atom stereocenters. The highest BCUT2D eigenvalue weighted by Gasteiger charge is 2.14. The fourth-order valence-corrected chi connectivity index (χ4v) is 3.41. The quantitative estimate of drug-likeness (QED) is 0.606. The van der Waals surface area contributed by atoms with Gasteiger partial charge in [-0.05, 0) is 50.9 Å². The van der Waals surface area contributed by atoms with E-state index in [4.69, 9.17) is 0 Å². The average molecular weight is 398 g/mol. The topological polar surface area (TPSA) is 81.7 Å². The third-order valence-corrected chi connectivity index (χ3v) is 4.68. The first kappa shape index (κ1) is 22.4. The number of rotatable bonds is 9. The van der Waals surface area contributed by atoms with E-state index in [9.17, 15) is 14.7 Å². The van der Waals surface area contributed by atoms with Gasteiger partial charge in [0.2, 0.25) is 11.8 Å². The third-order valence-electron chi connectivity index (χ3n) is 4.68. The van der Waals surface area contributed by atoms with E-state index in [0.717, 1.165) is 40.9 Å². The summed E-state index contributed by atoms with van der Waals surface area (Å²) >= 11 is 0. The molecule has 0 saturated heterocycles. The summed E-state index contributed by atoms with van der Waals surface area (Å²) in [6.45, 7) is 9.24. The number of amides is 2. The van der Waals surface area contributed by atoms with Crippen molar-refractivity contribution in [1.82, 2.24) is 10.2 Å². The van der Waals surface area contributed by atoms with Crippen molar-refractivity contribution in [1.29, 1.82) is 0 Å². The molecule has 156 valence electrons. The number of phenolic OH excluding ortho intramolecular Hbond substituents is 1. The zero-order valence-corrected chi connectivity index (χ0v) is 17.7. The Bertz CT molecular complexity index is 841. The molecule has 3 N–H and O–H groups in total. The van der Waals surface area contributed by atoms with Crippen molar-refractivity contribution in [2.75, 3.05) is 25.0 Å². The summed E-state index contributed by atoms with van der Waals surface area (Å²) in [5.41, 5.74) is 4.71. The van der Waals surface area contributed by atoms with Crippen molar-refractivity contribution >= 4 is 17.5 Å². The average Bonchev–Trinajstić information content (AvgIpc) is 2.65. The number of carbonyl (C=O) groups excluding carboxylic acids is 2. The number of anilines is 1. The number of carbonyl (C=O) groups is 2. The van der Waals surface area contributed by atoms with Gasteiger partial charge in [0.25, 0.3) is 0 Å². The van der Waals surface area contributed by atoms with E-state index < -0.39 is 0 Å². The number of nitrogens with one attached hydrogen (secondary N) is 2. The van der Waals surface area contributed by atoms with Crippen LogP contribution in [0.5, 0.6) is 5.75 Å². The number of para-hydroxylation sites is 1. The molecule has 0 aliphatic rings. The third kappa shape index (κ3) is 6.91. The number of phenols is 1. The Morgan fingerprint density at radius 3 is 2.31 bits per heavy atom. The lowest BCUT2D eigenvalue weighted by Gasteiger charge is -2.21. The fourth-order valence-electron chi connectivity index (χ4n) is 3.41. The molecule has 2 rings (SSSR count). The van der Waals surface area contributed by atoms with E-state index in [2.05, 4.69) is 10.6 Å². The standard InChI is InChI=1S/C23H31N3O3/c1-5-10-26(14-19-8-6-7-9-20(19)27)15-22(29)24-13-21(28)25-23-17(3)11-16(2)12-18(23)4/h6-9,11-12,27H,5,10,13-15H2,1-4H3,(H,24,29)(H,25,28). The monoisotopic (exact) mass is 397 g/mol. The van der Waals surface area contributed by atoms with Crippen LogP contribution in [0, 0.1) is 20.8 Å². The van der Waals surface area contributed by atoms with Gasteiger partial charge in [0.1, 0.15) is 5.75 Å². The summed E-state index contributed by atoms with van der Waals surface area (Å²) in [6, 6.07) is 11.1. The van der Waals surface area contributed by atoms with E-state index >= 15 is 0 Å². The Kier molecular flexibility index (Phi) is 8.21. The second-order valence-electron chi connectivity index (χ2n) is 7.44. The molecular formula is C23H31N3O3. The molecule has 6 heteroatoms. The maximum atomic E-state index is 12.3. The minimum Gasteiger partial charge on any atom is -0.508 e. The molecule has 0 aliphatic carbocycles. The van der Waals surface area contributed by atoms with Crippen LogP contribution in [0.1, 0.15) is 35.6 Å². The SMILES string of the molecule is CCCN(CC(=O)NCC(=O)Nc1c(C)cc(C)cc1C)Cc1ccccc1O. The van der Waals surface area contributed by atoms with E-state index in [1.54, 1.807) is 12.1 Å². The highest BCUT2D eigenvalue weighted by Crippen LogP contribution is 2.21. The van der Waals surface area contributed by atoms with E-state index in [-0.39, 0.29) is 30.7 Å². The summed E-state index contributed by atoms with van der Waals surface area (Å²) in [6.07, 6.45) is 0.882. The number of nitrogens with zero attached hydrogens (tertiary/aromatic N) is 1. The molecule has 2 aromatic carbocycles. The second kappa shape index (κ2) is 10.6. The lowest BCUT2D eigenvalue weighted by molar-refractivity contribution is -0.125. The van der Waals surface area contributed by atoms with Crippen LogP contribution in [0.3, 0.4) is 0 Å². The Morgan fingerprint density at radius 2 is 1.69 bits per heavy atom. The molecule has 2 aromatic rings. The van der Waals surface area contributed by atoms with E-state index in [1.165, 1.54) is 0 Å². The smallest absolute Gasteiger partial charge is 0.243 e. The second-order valence-corrected chi connectivity index (χ2v) is 7.44. The number of hydrogen-bond donors (Lipinski definition) is 3. The molecule has 0 aromatic heterocycles. The number of aryl methyl sites for hydroxylation is 3. The van der Waals surface area contributed by atoms with Crippen LogP contribution in [0.2, 0.25) is 0 Å². The van der Waals surface area contributed by atoms with Crippen LogP contribution in [0.4, 0.5) is 5.69 Å². The van der Waals surface area contributed by atoms with Crippen molar-refractivity contribution < 1.29 is 14.7 Å². The first-order valence-electron chi connectivity index (χ1n) is 9.93. The molecule has 0 spiro atoms. The largest absolute Gasteiger partial charge is 0.508 e. The Labute approximate surface area is 172 Å². The summed E-state index contributed by atoms with van der Waals surface area (Å²) in [7, 11) is 0. The van der Waals surface area contributed by atoms with Crippen LogP contribution >= 0.6 is 0 Å². The highest BCUT2D eigenvalue weighted by molar-refractivity contribution is 5.96. The van der Waals surface area contributed by atoms with Crippen molar-refractivity contribution in [3.8, 4) is 5.75 Å². The highest BCUT2D eigenvalue weighted by atomic mass is 16.3. The van der Waals surface area contributed by atoms with Gasteiger partial charge in [-0.15, -0.1) is 0 Å². The summed E-state index contributed by atoms with van der Waals surface area (Å²) in [5, 5.41) is 15.5. The molecule has 0 unspecified atom stereocenters. The summed E-state index contributed by atoms with van der Waals surface area (Å²) < 4.78 is 0. The zero-order valence-electron chi connectivity index (χ0n) is 17.7. The van der Waals surface area contributed by atoms with Crippen LogP contribution < -0.4 is 10.6 Å². The molecule has 29 heavy (non-hydrogen) atoms. The predicted octanol–water partition coefficient (Wildman–Crippen LogP) is 3.28.